The lowest BCUT2D eigenvalue weighted by atomic mass is 10.0. The first-order valence-electron chi connectivity index (χ1n) is 13.7. The summed E-state index contributed by atoms with van der Waals surface area (Å²) in [5.41, 5.74) is 5.45. The summed E-state index contributed by atoms with van der Waals surface area (Å²) in [4.78, 5) is 24.4. The fourth-order valence-electron chi connectivity index (χ4n) is 4.66. The van der Waals surface area contributed by atoms with Gasteiger partial charge in [0.2, 0.25) is 0 Å². The van der Waals surface area contributed by atoms with Crippen molar-refractivity contribution in [1.82, 2.24) is 4.90 Å². The number of nitrogens with zero attached hydrogens (tertiary/aromatic N) is 1. The first-order valence-corrected chi connectivity index (χ1v) is 13.7. The van der Waals surface area contributed by atoms with E-state index < -0.39 is 11.9 Å². The molecule has 7 heteroatoms. The number of halogens is 1. The normalized spacial score (nSPS) is 11.0. The number of hydrogen-bond donors (Lipinski definition) is 2. The topological polar surface area (TPSA) is 87.1 Å². The van der Waals surface area contributed by atoms with Gasteiger partial charge in [-0.25, -0.2) is 9.18 Å². The van der Waals surface area contributed by atoms with Crippen LogP contribution in [0.4, 0.5) is 4.39 Å². The summed E-state index contributed by atoms with van der Waals surface area (Å²) in [5.74, 6) is -1.26. The Morgan fingerprint density at radius 1 is 0.732 bits per heavy atom. The zero-order valence-electron chi connectivity index (χ0n) is 22.8. The molecule has 0 aliphatic rings. The van der Waals surface area contributed by atoms with Crippen LogP contribution in [0.15, 0.2) is 97.1 Å². The number of rotatable bonds is 15. The van der Waals surface area contributed by atoms with Crippen LogP contribution in [-0.4, -0.2) is 40.1 Å². The van der Waals surface area contributed by atoms with Gasteiger partial charge in [0.05, 0.1) is 5.56 Å². The predicted octanol–water partition coefficient (Wildman–Crippen LogP) is 7.07. The van der Waals surface area contributed by atoms with E-state index in [-0.39, 0.29) is 17.8 Å². The van der Waals surface area contributed by atoms with E-state index in [1.165, 1.54) is 17.7 Å². The van der Waals surface area contributed by atoms with Crippen LogP contribution in [0, 0.1) is 5.82 Å². The van der Waals surface area contributed by atoms with Gasteiger partial charge in [-0.3, -0.25) is 9.69 Å². The van der Waals surface area contributed by atoms with E-state index in [0.717, 1.165) is 53.9 Å². The molecule has 0 heterocycles. The molecule has 0 fully saturated rings. The van der Waals surface area contributed by atoms with E-state index in [1.54, 1.807) is 24.3 Å². The third-order valence-corrected chi connectivity index (χ3v) is 6.96. The molecule has 0 saturated heterocycles. The largest absolute Gasteiger partial charge is 0.489 e. The van der Waals surface area contributed by atoms with E-state index in [4.69, 9.17) is 9.84 Å². The Labute approximate surface area is 239 Å². The van der Waals surface area contributed by atoms with Gasteiger partial charge in [0.1, 0.15) is 18.2 Å². The molecule has 0 spiro atoms. The van der Waals surface area contributed by atoms with Crippen LogP contribution in [0.5, 0.6) is 5.75 Å². The number of aliphatic carboxylic acids is 1. The van der Waals surface area contributed by atoms with Gasteiger partial charge >= 0.3 is 11.9 Å². The monoisotopic (exact) mass is 555 g/mol. The molecule has 212 valence electrons. The number of carbonyl (C=O) groups is 2. The minimum absolute atomic E-state index is 0.145. The molecule has 4 rings (SSSR count). The van der Waals surface area contributed by atoms with Gasteiger partial charge in [-0.1, -0.05) is 60.7 Å². The molecule has 0 aromatic heterocycles. The summed E-state index contributed by atoms with van der Waals surface area (Å²) >= 11 is 0. The number of carboxylic acid groups (broad SMARTS) is 2. The number of ether oxygens (including phenoxy) is 1. The van der Waals surface area contributed by atoms with Crippen molar-refractivity contribution >= 4 is 11.9 Å². The van der Waals surface area contributed by atoms with Gasteiger partial charge in [-0.05, 0) is 90.0 Å². The Hall–Kier alpha value is -4.49. The highest BCUT2D eigenvalue weighted by Crippen LogP contribution is 2.24. The maximum atomic E-state index is 13.2. The van der Waals surface area contributed by atoms with Crippen molar-refractivity contribution < 1.29 is 28.9 Å². The van der Waals surface area contributed by atoms with Crippen molar-refractivity contribution in [1.29, 1.82) is 0 Å². The van der Waals surface area contributed by atoms with Gasteiger partial charge in [0, 0.05) is 19.5 Å². The highest BCUT2D eigenvalue weighted by Gasteiger charge is 2.11. The molecule has 6 nitrogen and oxygen atoms in total. The minimum Gasteiger partial charge on any atom is -0.489 e. The SMILES string of the molecule is O=C(O)CCCCN(CCc1ccccc1COc1ccc(-c2ccc(F)cc2)cc1)Cc1ccc(C(=O)O)cc1. The highest BCUT2D eigenvalue weighted by atomic mass is 19.1. The molecule has 0 radical (unpaired) electrons. The van der Waals surface area contributed by atoms with Gasteiger partial charge in [0.15, 0.2) is 0 Å². The Balaban J connectivity index is 1.37. The van der Waals surface area contributed by atoms with E-state index in [1.807, 2.05) is 48.5 Å². The predicted molar refractivity (Wildman–Crippen MR) is 156 cm³/mol. The smallest absolute Gasteiger partial charge is 0.335 e. The third kappa shape index (κ3) is 9.29. The zero-order valence-corrected chi connectivity index (χ0v) is 22.8. The Bertz CT molecular complexity index is 1420. The summed E-state index contributed by atoms with van der Waals surface area (Å²) in [6.07, 6.45) is 2.30. The van der Waals surface area contributed by atoms with Gasteiger partial charge in [0.25, 0.3) is 0 Å². The molecule has 0 unspecified atom stereocenters. The number of aromatic carboxylic acids is 1. The standard InChI is InChI=1S/C34H34FNO5/c35-31-16-12-27(13-17-31)28-14-18-32(19-15-28)41-24-30-6-2-1-5-26(30)20-22-36(21-4-3-7-33(37)38)23-25-8-10-29(11-9-25)34(39)40/h1-2,5-6,8-19H,3-4,7,20-24H2,(H,37,38)(H,39,40). The average Bonchev–Trinajstić information content (AvgIpc) is 2.98. The molecular formula is C34H34FNO5. The summed E-state index contributed by atoms with van der Waals surface area (Å²) in [6, 6.07) is 29.2. The first kappa shape index (κ1) is 29.5. The zero-order chi connectivity index (χ0) is 29.0. The molecule has 2 N–H and O–H groups in total. The lowest BCUT2D eigenvalue weighted by Crippen LogP contribution is -2.27. The summed E-state index contributed by atoms with van der Waals surface area (Å²) in [7, 11) is 0. The van der Waals surface area contributed by atoms with Crippen LogP contribution in [0.1, 0.15) is 46.3 Å². The Morgan fingerprint density at radius 2 is 1.37 bits per heavy atom. The van der Waals surface area contributed by atoms with E-state index in [0.29, 0.717) is 19.6 Å². The minimum atomic E-state index is -0.954. The third-order valence-electron chi connectivity index (χ3n) is 6.96. The van der Waals surface area contributed by atoms with Crippen molar-refractivity contribution in [3.05, 3.63) is 125 Å². The van der Waals surface area contributed by atoms with Crippen LogP contribution in [-0.2, 0) is 24.4 Å². The van der Waals surface area contributed by atoms with Crippen molar-refractivity contribution in [3.63, 3.8) is 0 Å². The molecule has 41 heavy (non-hydrogen) atoms. The Kier molecular flexibility index (Phi) is 10.6. The van der Waals surface area contributed by atoms with Crippen molar-refractivity contribution in [2.45, 2.75) is 38.8 Å². The second kappa shape index (κ2) is 14.8. The molecule has 0 aliphatic heterocycles. The lowest BCUT2D eigenvalue weighted by molar-refractivity contribution is -0.137. The van der Waals surface area contributed by atoms with E-state index in [2.05, 4.69) is 17.0 Å². The molecule has 0 atom stereocenters. The van der Waals surface area contributed by atoms with Crippen LogP contribution >= 0.6 is 0 Å². The van der Waals surface area contributed by atoms with E-state index in [9.17, 15) is 19.1 Å². The number of benzene rings is 4. The fraction of sp³-hybridized carbons (Fsp3) is 0.235. The molecule has 0 amide bonds. The lowest BCUT2D eigenvalue weighted by Gasteiger charge is -2.23. The molecule has 4 aromatic carbocycles. The van der Waals surface area contributed by atoms with Crippen LogP contribution in [0.3, 0.4) is 0 Å². The van der Waals surface area contributed by atoms with Crippen molar-refractivity contribution in [2.24, 2.45) is 0 Å². The van der Waals surface area contributed by atoms with Crippen LogP contribution in [0.2, 0.25) is 0 Å². The van der Waals surface area contributed by atoms with Crippen molar-refractivity contribution in [3.8, 4) is 16.9 Å². The second-order valence-electron chi connectivity index (χ2n) is 9.97. The fourth-order valence-corrected chi connectivity index (χ4v) is 4.66. The van der Waals surface area contributed by atoms with Gasteiger partial charge in [-0.15, -0.1) is 0 Å². The van der Waals surface area contributed by atoms with Gasteiger partial charge < -0.3 is 14.9 Å². The second-order valence-corrected chi connectivity index (χ2v) is 9.97. The average molecular weight is 556 g/mol. The van der Waals surface area contributed by atoms with Crippen molar-refractivity contribution in [2.75, 3.05) is 13.1 Å². The van der Waals surface area contributed by atoms with Crippen LogP contribution in [0.25, 0.3) is 11.1 Å². The van der Waals surface area contributed by atoms with Gasteiger partial charge in [-0.2, -0.15) is 0 Å². The highest BCUT2D eigenvalue weighted by molar-refractivity contribution is 5.87. The molecule has 0 saturated carbocycles. The van der Waals surface area contributed by atoms with Crippen LogP contribution < -0.4 is 4.74 Å². The maximum absolute atomic E-state index is 13.2. The number of hydrogen-bond acceptors (Lipinski definition) is 4. The number of carboxylic acids is 2. The quantitative estimate of drug-likeness (QED) is 0.153. The molecule has 4 aromatic rings. The summed E-state index contributed by atoms with van der Waals surface area (Å²) in [5, 5.41) is 18.2. The Morgan fingerprint density at radius 3 is 2.00 bits per heavy atom. The molecule has 0 bridgehead atoms. The molecular weight excluding hydrogens is 521 g/mol. The maximum Gasteiger partial charge on any atom is 0.335 e. The first-order chi connectivity index (χ1) is 19.9. The summed E-state index contributed by atoms with van der Waals surface area (Å²) in [6.45, 7) is 2.57. The summed E-state index contributed by atoms with van der Waals surface area (Å²) < 4.78 is 19.3. The molecule has 0 aliphatic carbocycles. The van der Waals surface area contributed by atoms with E-state index >= 15 is 0 Å². The number of unbranched alkanes of at least 4 members (excludes halogenated alkanes) is 1.